The minimum atomic E-state index is -1.49. The minimum absolute atomic E-state index is 0.0211. The molecular weight excluding hydrogens is 208 g/mol. The Labute approximate surface area is 96.6 Å². The Balaban J connectivity index is 2.80. The summed E-state index contributed by atoms with van der Waals surface area (Å²) in [4.78, 5) is 11.1. The highest BCUT2D eigenvalue weighted by molar-refractivity contribution is 5.76. The molecule has 94 valence electrons. The topological polar surface area (TPSA) is 66.8 Å². The van der Waals surface area contributed by atoms with Gasteiger partial charge in [-0.1, -0.05) is 20.8 Å². The van der Waals surface area contributed by atoms with Crippen molar-refractivity contribution in [3.05, 3.63) is 0 Å². The van der Waals surface area contributed by atoms with Crippen LogP contribution >= 0.6 is 0 Å². The number of Topliss-reactive ketones (excluding diaryl/α,β-unsaturated/α-hetero) is 1. The standard InChI is InChI=1S/C12H22O4/c1-7(2)11-9(4)10(14)6-12(15,16-11)5-8(3)13/h7,9-11,14-15H,5-6H2,1-4H3/t9-,10+,11+,12?/m0/s1. The van der Waals surface area contributed by atoms with E-state index in [2.05, 4.69) is 0 Å². The van der Waals surface area contributed by atoms with Gasteiger partial charge in [-0.15, -0.1) is 0 Å². The average Bonchev–Trinajstić information content (AvgIpc) is 2.09. The first-order chi connectivity index (χ1) is 7.25. The molecule has 0 bridgehead atoms. The van der Waals surface area contributed by atoms with E-state index in [1.54, 1.807) is 0 Å². The fourth-order valence-electron chi connectivity index (χ4n) is 2.39. The van der Waals surface area contributed by atoms with Crippen molar-refractivity contribution in [2.24, 2.45) is 11.8 Å². The maximum Gasteiger partial charge on any atom is 0.175 e. The van der Waals surface area contributed by atoms with E-state index < -0.39 is 11.9 Å². The molecule has 1 rings (SSSR count). The predicted molar refractivity (Wildman–Crippen MR) is 59.7 cm³/mol. The van der Waals surface area contributed by atoms with Crippen LogP contribution in [0.4, 0.5) is 0 Å². The number of carbonyl (C=O) groups is 1. The number of ether oxygens (including phenoxy) is 1. The second-order valence-corrected chi connectivity index (χ2v) is 5.28. The van der Waals surface area contributed by atoms with E-state index in [0.717, 1.165) is 0 Å². The van der Waals surface area contributed by atoms with Crippen molar-refractivity contribution < 1.29 is 19.7 Å². The summed E-state index contributed by atoms with van der Waals surface area (Å²) in [5.74, 6) is -1.45. The Morgan fingerprint density at radius 3 is 2.56 bits per heavy atom. The van der Waals surface area contributed by atoms with Crippen LogP contribution in [-0.2, 0) is 9.53 Å². The van der Waals surface area contributed by atoms with Crippen LogP contribution < -0.4 is 0 Å². The van der Waals surface area contributed by atoms with Crippen LogP contribution in [0.25, 0.3) is 0 Å². The summed E-state index contributed by atoms with van der Waals surface area (Å²) in [6.07, 6.45) is -0.782. The van der Waals surface area contributed by atoms with Gasteiger partial charge in [-0.25, -0.2) is 0 Å². The van der Waals surface area contributed by atoms with Gasteiger partial charge < -0.3 is 14.9 Å². The summed E-state index contributed by atoms with van der Waals surface area (Å²) in [7, 11) is 0. The first-order valence-corrected chi connectivity index (χ1v) is 5.83. The molecule has 1 heterocycles. The molecule has 1 aliphatic rings. The van der Waals surface area contributed by atoms with Crippen LogP contribution in [0.5, 0.6) is 0 Å². The number of hydrogen-bond donors (Lipinski definition) is 2. The van der Waals surface area contributed by atoms with Crippen molar-refractivity contribution in [3.63, 3.8) is 0 Å². The highest BCUT2D eigenvalue weighted by Crippen LogP contribution is 2.36. The minimum Gasteiger partial charge on any atom is -0.393 e. The quantitative estimate of drug-likeness (QED) is 0.761. The second kappa shape index (κ2) is 4.82. The van der Waals surface area contributed by atoms with Gasteiger partial charge in [0.1, 0.15) is 5.78 Å². The molecule has 16 heavy (non-hydrogen) atoms. The summed E-state index contributed by atoms with van der Waals surface area (Å²) in [5, 5.41) is 20.0. The number of aliphatic hydroxyl groups is 2. The van der Waals surface area contributed by atoms with Gasteiger partial charge in [0, 0.05) is 12.3 Å². The monoisotopic (exact) mass is 230 g/mol. The summed E-state index contributed by atoms with van der Waals surface area (Å²) >= 11 is 0. The molecule has 0 aromatic carbocycles. The summed E-state index contributed by atoms with van der Waals surface area (Å²) < 4.78 is 5.60. The van der Waals surface area contributed by atoms with Crippen LogP contribution in [-0.4, -0.2) is 34.0 Å². The molecule has 0 amide bonds. The Hall–Kier alpha value is -0.450. The molecule has 4 atom stereocenters. The molecule has 0 saturated carbocycles. The smallest absolute Gasteiger partial charge is 0.175 e. The van der Waals surface area contributed by atoms with Gasteiger partial charge in [0.15, 0.2) is 5.79 Å². The fraction of sp³-hybridized carbons (Fsp3) is 0.917. The predicted octanol–water partition coefficient (Wildman–Crippen LogP) is 1.10. The summed E-state index contributed by atoms with van der Waals surface area (Å²) in [6, 6.07) is 0. The Morgan fingerprint density at radius 1 is 1.56 bits per heavy atom. The molecule has 0 aromatic heterocycles. The molecule has 0 spiro atoms. The van der Waals surface area contributed by atoms with E-state index >= 15 is 0 Å². The van der Waals surface area contributed by atoms with Gasteiger partial charge in [-0.05, 0) is 12.8 Å². The zero-order valence-electron chi connectivity index (χ0n) is 10.4. The Bertz CT molecular complexity index is 264. The van der Waals surface area contributed by atoms with Gasteiger partial charge in [0.05, 0.1) is 18.6 Å². The van der Waals surface area contributed by atoms with Crippen molar-refractivity contribution >= 4 is 5.78 Å². The Kier molecular flexibility index (Phi) is 4.10. The zero-order valence-corrected chi connectivity index (χ0v) is 10.4. The van der Waals surface area contributed by atoms with E-state index in [1.165, 1.54) is 6.92 Å². The van der Waals surface area contributed by atoms with Gasteiger partial charge in [-0.2, -0.15) is 0 Å². The van der Waals surface area contributed by atoms with E-state index in [0.29, 0.717) is 0 Å². The molecule has 0 aromatic rings. The summed E-state index contributed by atoms with van der Waals surface area (Å²) in [5.41, 5.74) is 0. The number of hydrogen-bond acceptors (Lipinski definition) is 4. The molecule has 0 aliphatic carbocycles. The van der Waals surface area contributed by atoms with Crippen LogP contribution in [0.15, 0.2) is 0 Å². The first kappa shape index (κ1) is 13.6. The van der Waals surface area contributed by atoms with Crippen LogP contribution in [0.1, 0.15) is 40.5 Å². The van der Waals surface area contributed by atoms with Crippen LogP contribution in [0, 0.1) is 11.8 Å². The van der Waals surface area contributed by atoms with E-state index in [9.17, 15) is 15.0 Å². The van der Waals surface area contributed by atoms with E-state index in [4.69, 9.17) is 4.74 Å². The zero-order chi connectivity index (χ0) is 12.5. The molecule has 4 heteroatoms. The Morgan fingerprint density at radius 2 is 2.12 bits per heavy atom. The molecular formula is C12H22O4. The van der Waals surface area contributed by atoms with Crippen molar-refractivity contribution in [3.8, 4) is 0 Å². The lowest BCUT2D eigenvalue weighted by atomic mass is 9.82. The van der Waals surface area contributed by atoms with E-state index in [1.807, 2.05) is 20.8 Å². The normalized spacial score (nSPS) is 40.1. The molecule has 2 N–H and O–H groups in total. The van der Waals surface area contributed by atoms with Gasteiger partial charge >= 0.3 is 0 Å². The molecule has 1 saturated heterocycles. The number of aliphatic hydroxyl groups excluding tert-OH is 1. The molecule has 1 aliphatic heterocycles. The van der Waals surface area contributed by atoms with Crippen LogP contribution in [0.2, 0.25) is 0 Å². The number of carbonyl (C=O) groups excluding carboxylic acids is 1. The summed E-state index contributed by atoms with van der Waals surface area (Å²) in [6.45, 7) is 7.28. The van der Waals surface area contributed by atoms with Crippen LogP contribution in [0.3, 0.4) is 0 Å². The lowest BCUT2D eigenvalue weighted by Gasteiger charge is -2.44. The third-order valence-electron chi connectivity index (χ3n) is 3.19. The SMILES string of the molecule is CC(=O)CC1(O)C[C@@H](O)[C@H](C)[C@@H](C(C)C)O1. The third-order valence-corrected chi connectivity index (χ3v) is 3.19. The van der Waals surface area contributed by atoms with Crippen molar-refractivity contribution in [1.29, 1.82) is 0 Å². The highest BCUT2D eigenvalue weighted by atomic mass is 16.6. The van der Waals surface area contributed by atoms with E-state index in [-0.39, 0.29) is 36.6 Å². The maximum absolute atomic E-state index is 11.1. The third kappa shape index (κ3) is 3.03. The largest absolute Gasteiger partial charge is 0.393 e. The molecule has 4 nitrogen and oxygen atoms in total. The molecule has 0 radical (unpaired) electrons. The van der Waals surface area contributed by atoms with Gasteiger partial charge in [0.25, 0.3) is 0 Å². The maximum atomic E-state index is 11.1. The average molecular weight is 230 g/mol. The number of rotatable bonds is 3. The highest BCUT2D eigenvalue weighted by Gasteiger charge is 2.45. The van der Waals surface area contributed by atoms with Crippen molar-refractivity contribution in [2.45, 2.75) is 58.5 Å². The second-order valence-electron chi connectivity index (χ2n) is 5.28. The fourth-order valence-corrected chi connectivity index (χ4v) is 2.39. The van der Waals surface area contributed by atoms with Gasteiger partial charge in [0.2, 0.25) is 0 Å². The molecule has 1 unspecified atom stereocenters. The van der Waals surface area contributed by atoms with Crippen molar-refractivity contribution in [2.75, 3.05) is 0 Å². The lowest BCUT2D eigenvalue weighted by Crippen LogP contribution is -2.53. The lowest BCUT2D eigenvalue weighted by molar-refractivity contribution is -0.294. The molecule has 1 fully saturated rings. The first-order valence-electron chi connectivity index (χ1n) is 5.83. The number of ketones is 1. The van der Waals surface area contributed by atoms with Crippen molar-refractivity contribution in [1.82, 2.24) is 0 Å². The van der Waals surface area contributed by atoms with Gasteiger partial charge in [-0.3, -0.25) is 4.79 Å².